The quantitative estimate of drug-likeness (QED) is 0.291. The number of benzene rings is 2. The maximum absolute atomic E-state index is 12.9. The van der Waals surface area contributed by atoms with Gasteiger partial charge in [-0.1, -0.05) is 0 Å². The van der Waals surface area contributed by atoms with E-state index in [2.05, 4.69) is 23.4 Å². The van der Waals surface area contributed by atoms with Crippen molar-refractivity contribution < 1.29 is 28.5 Å². The van der Waals surface area contributed by atoms with E-state index < -0.39 is 0 Å². The van der Waals surface area contributed by atoms with Crippen molar-refractivity contribution in [2.75, 3.05) is 60.7 Å². The van der Waals surface area contributed by atoms with Gasteiger partial charge in [-0.2, -0.15) is 0 Å². The van der Waals surface area contributed by atoms with Gasteiger partial charge in [-0.3, -0.25) is 4.79 Å². The average molecular weight is 555 g/mol. The minimum Gasteiger partial charge on any atom is -0.493 e. The molecule has 3 aromatic rings. The fourth-order valence-electron chi connectivity index (χ4n) is 4.90. The number of fused-ring (bicyclic) bond motifs is 2. The summed E-state index contributed by atoms with van der Waals surface area (Å²) in [7, 11) is 5.39. The third kappa shape index (κ3) is 7.42. The van der Waals surface area contributed by atoms with Crippen LogP contribution in [0, 0.1) is 0 Å². The number of likely N-dealkylation sites (N-methyl/N-ethyl adjacent to an activating group) is 1. The molecule has 0 spiro atoms. The molecule has 0 N–H and O–H groups in total. The summed E-state index contributed by atoms with van der Waals surface area (Å²) in [5.74, 6) is 1.85. The van der Waals surface area contributed by atoms with Crippen molar-refractivity contribution in [2.45, 2.75) is 32.6 Å². The van der Waals surface area contributed by atoms with E-state index in [-0.39, 0.29) is 18.5 Å². The van der Waals surface area contributed by atoms with E-state index in [1.54, 1.807) is 32.5 Å². The lowest BCUT2D eigenvalue weighted by molar-refractivity contribution is -0.145. The van der Waals surface area contributed by atoms with Crippen LogP contribution in [0.1, 0.15) is 30.0 Å². The van der Waals surface area contributed by atoms with Gasteiger partial charge in [-0.25, -0.2) is 4.79 Å². The molecule has 1 aliphatic rings. The molecule has 0 saturated carbocycles. The number of esters is 1. The molecule has 9 heteroatoms. The van der Waals surface area contributed by atoms with Crippen molar-refractivity contribution in [2.24, 2.45) is 0 Å². The Hall–Kier alpha value is -3.30. The average Bonchev–Trinajstić information content (AvgIpc) is 3.27. The Labute approximate surface area is 234 Å². The highest BCUT2D eigenvalue weighted by molar-refractivity contribution is 7.17. The van der Waals surface area contributed by atoms with Crippen molar-refractivity contribution in [3.63, 3.8) is 0 Å². The monoisotopic (exact) mass is 554 g/mol. The molecule has 0 fully saturated rings. The number of carbonyl (C=O) groups excluding carboxylic acids is 2. The largest absolute Gasteiger partial charge is 0.493 e. The topological polar surface area (TPSA) is 77.5 Å². The molecular weight excluding hydrogens is 516 g/mol. The molecule has 0 unspecified atom stereocenters. The Balaban J connectivity index is 1.23. The standard InChI is InChI=1S/C30H38N2O6S/c1-5-37-30(34)19-38-24-7-8-25-22(20-39-28(25)18-24)9-13-31(2)11-6-12-32-14-10-21-15-26(35-3)27(36-4)16-23(21)17-29(32)33/h7-8,15-16,18,20H,5-6,9-14,17,19H2,1-4H3. The van der Waals surface area contributed by atoms with E-state index >= 15 is 0 Å². The Kier molecular flexibility index (Phi) is 10.1. The van der Waals surface area contributed by atoms with E-state index in [9.17, 15) is 9.59 Å². The maximum atomic E-state index is 12.9. The Morgan fingerprint density at radius 2 is 1.85 bits per heavy atom. The number of carbonyl (C=O) groups is 2. The molecule has 0 bridgehead atoms. The fraction of sp³-hybridized carbons (Fsp3) is 0.467. The van der Waals surface area contributed by atoms with Crippen molar-refractivity contribution in [1.29, 1.82) is 0 Å². The normalized spacial score (nSPS) is 13.4. The second-order valence-electron chi connectivity index (χ2n) is 9.70. The molecule has 210 valence electrons. The molecular formula is C30H38N2O6S. The summed E-state index contributed by atoms with van der Waals surface area (Å²) < 4.78 is 22.5. The summed E-state index contributed by atoms with van der Waals surface area (Å²) in [6.07, 6.45) is 3.09. The smallest absolute Gasteiger partial charge is 0.344 e. The van der Waals surface area contributed by atoms with E-state index in [0.29, 0.717) is 30.3 Å². The van der Waals surface area contributed by atoms with Crippen LogP contribution in [-0.2, 0) is 33.6 Å². The molecule has 0 atom stereocenters. The Morgan fingerprint density at radius 1 is 1.08 bits per heavy atom. The highest BCUT2D eigenvalue weighted by atomic mass is 32.1. The van der Waals surface area contributed by atoms with Crippen LogP contribution in [0.25, 0.3) is 10.1 Å². The van der Waals surface area contributed by atoms with Crippen molar-refractivity contribution in [3.8, 4) is 17.2 Å². The number of thiophene rings is 1. The fourth-order valence-corrected chi connectivity index (χ4v) is 5.92. The van der Waals surface area contributed by atoms with Crippen molar-refractivity contribution >= 4 is 33.3 Å². The van der Waals surface area contributed by atoms with Crippen LogP contribution in [-0.4, -0.2) is 82.3 Å². The molecule has 8 nitrogen and oxygen atoms in total. The maximum Gasteiger partial charge on any atom is 0.344 e. The predicted molar refractivity (Wildman–Crippen MR) is 153 cm³/mol. The number of nitrogens with zero attached hydrogens (tertiary/aromatic N) is 2. The molecule has 1 amide bonds. The van der Waals surface area contributed by atoms with E-state index in [4.69, 9.17) is 18.9 Å². The Morgan fingerprint density at radius 3 is 2.59 bits per heavy atom. The first kappa shape index (κ1) is 28.7. The lowest BCUT2D eigenvalue weighted by Crippen LogP contribution is -2.35. The van der Waals surface area contributed by atoms with Crippen molar-refractivity contribution in [1.82, 2.24) is 9.80 Å². The van der Waals surface area contributed by atoms with Crippen LogP contribution < -0.4 is 14.2 Å². The molecule has 1 aromatic heterocycles. The number of amides is 1. The number of rotatable bonds is 13. The number of hydrogen-bond donors (Lipinski definition) is 0. The van der Waals surface area contributed by atoms with Gasteiger partial charge < -0.3 is 28.7 Å². The third-order valence-electron chi connectivity index (χ3n) is 7.07. The van der Waals surface area contributed by atoms with Gasteiger partial charge in [-0.05, 0) is 97.6 Å². The second kappa shape index (κ2) is 13.7. The molecule has 0 radical (unpaired) electrons. The van der Waals surface area contributed by atoms with Gasteiger partial charge in [0, 0.05) is 24.3 Å². The highest BCUT2D eigenvalue weighted by Gasteiger charge is 2.22. The summed E-state index contributed by atoms with van der Waals surface area (Å²) in [5.41, 5.74) is 3.49. The van der Waals surface area contributed by atoms with Gasteiger partial charge in [0.2, 0.25) is 5.91 Å². The van der Waals surface area contributed by atoms with Crippen LogP contribution in [0.15, 0.2) is 35.7 Å². The number of methoxy groups -OCH3 is 2. The zero-order valence-corrected chi connectivity index (χ0v) is 24.1. The minimum absolute atomic E-state index is 0.0815. The summed E-state index contributed by atoms with van der Waals surface area (Å²) >= 11 is 1.69. The molecule has 4 rings (SSSR count). The first-order chi connectivity index (χ1) is 18.9. The summed E-state index contributed by atoms with van der Waals surface area (Å²) in [6, 6.07) is 9.90. The van der Waals surface area contributed by atoms with Crippen LogP contribution in [0.3, 0.4) is 0 Å². The van der Waals surface area contributed by atoms with Crippen LogP contribution >= 0.6 is 11.3 Å². The van der Waals surface area contributed by atoms with Crippen LogP contribution in [0.5, 0.6) is 17.2 Å². The zero-order chi connectivity index (χ0) is 27.8. The lowest BCUT2D eigenvalue weighted by Gasteiger charge is -2.22. The van der Waals surface area contributed by atoms with E-state index in [1.165, 1.54) is 10.9 Å². The Bertz CT molecular complexity index is 1290. The van der Waals surface area contributed by atoms with Gasteiger partial charge in [-0.15, -0.1) is 11.3 Å². The number of hydrogen-bond acceptors (Lipinski definition) is 8. The highest BCUT2D eigenvalue weighted by Crippen LogP contribution is 2.33. The zero-order valence-electron chi connectivity index (χ0n) is 23.3. The molecule has 0 saturated heterocycles. The van der Waals surface area contributed by atoms with Gasteiger partial charge in [0.05, 0.1) is 27.2 Å². The molecule has 0 aliphatic carbocycles. The first-order valence-corrected chi connectivity index (χ1v) is 14.3. The predicted octanol–water partition coefficient (Wildman–Crippen LogP) is 4.35. The van der Waals surface area contributed by atoms with Gasteiger partial charge in [0.1, 0.15) is 5.75 Å². The summed E-state index contributed by atoms with van der Waals surface area (Å²) in [5, 5.41) is 3.42. The summed E-state index contributed by atoms with van der Waals surface area (Å²) in [4.78, 5) is 28.8. The molecule has 1 aliphatic heterocycles. The SMILES string of the molecule is CCOC(=O)COc1ccc2c(CCN(C)CCCN3CCc4cc(OC)c(OC)cc4CC3=O)csc2c1. The van der Waals surface area contributed by atoms with Gasteiger partial charge in [0.25, 0.3) is 0 Å². The van der Waals surface area contributed by atoms with Crippen molar-refractivity contribution in [3.05, 3.63) is 52.4 Å². The van der Waals surface area contributed by atoms with Crippen LogP contribution in [0.2, 0.25) is 0 Å². The second-order valence-corrected chi connectivity index (χ2v) is 10.6. The molecule has 39 heavy (non-hydrogen) atoms. The first-order valence-electron chi connectivity index (χ1n) is 13.4. The number of ether oxygens (including phenoxy) is 4. The third-order valence-corrected chi connectivity index (χ3v) is 8.07. The minimum atomic E-state index is -0.362. The molecule has 2 aromatic carbocycles. The van der Waals surface area contributed by atoms with Crippen LogP contribution in [0.4, 0.5) is 0 Å². The van der Waals surface area contributed by atoms with E-state index in [1.807, 2.05) is 29.2 Å². The lowest BCUT2D eigenvalue weighted by atomic mass is 10.0. The van der Waals surface area contributed by atoms with Gasteiger partial charge >= 0.3 is 5.97 Å². The van der Waals surface area contributed by atoms with E-state index in [0.717, 1.165) is 61.3 Å². The summed E-state index contributed by atoms with van der Waals surface area (Å²) in [6.45, 7) is 5.38. The van der Waals surface area contributed by atoms with Gasteiger partial charge in [0.15, 0.2) is 18.1 Å². The molecule has 2 heterocycles.